The van der Waals surface area contributed by atoms with E-state index < -0.39 is 17.4 Å². The molecule has 0 rings (SSSR count). The van der Waals surface area contributed by atoms with Crippen molar-refractivity contribution >= 4 is 11.9 Å². The average Bonchev–Trinajstić information content (AvgIpc) is 2.35. The molecule has 0 aromatic heterocycles. The molecular weight excluding hydrogens is 244 g/mol. The van der Waals surface area contributed by atoms with E-state index in [0.29, 0.717) is 6.42 Å². The van der Waals surface area contributed by atoms with Gasteiger partial charge >= 0.3 is 11.9 Å². The second-order valence-corrected chi connectivity index (χ2v) is 5.28. The Morgan fingerprint density at radius 2 is 1.37 bits per heavy atom. The second kappa shape index (κ2) is 8.18. The molecule has 19 heavy (non-hydrogen) atoms. The first kappa shape index (κ1) is 17.9. The quantitative estimate of drug-likeness (QED) is 0.503. The number of esters is 2. The fourth-order valence-electron chi connectivity index (χ4n) is 2.17. The molecule has 0 saturated heterocycles. The Balaban J connectivity index is 5.46. The van der Waals surface area contributed by atoms with E-state index in [9.17, 15) is 9.59 Å². The highest BCUT2D eigenvalue weighted by molar-refractivity contribution is 6.00. The van der Waals surface area contributed by atoms with E-state index in [1.165, 1.54) is 0 Å². The molecule has 0 aromatic carbocycles. The number of carbonyl (C=O) groups is 2. The minimum Gasteiger partial charge on any atom is -0.465 e. The van der Waals surface area contributed by atoms with Crippen molar-refractivity contribution in [3.63, 3.8) is 0 Å². The van der Waals surface area contributed by atoms with E-state index in [0.717, 1.165) is 6.42 Å². The van der Waals surface area contributed by atoms with Crippen molar-refractivity contribution < 1.29 is 19.1 Å². The van der Waals surface area contributed by atoms with Crippen molar-refractivity contribution in [1.29, 1.82) is 0 Å². The van der Waals surface area contributed by atoms with Gasteiger partial charge in [0.2, 0.25) is 0 Å². The van der Waals surface area contributed by atoms with E-state index in [2.05, 4.69) is 0 Å². The van der Waals surface area contributed by atoms with Crippen molar-refractivity contribution in [2.45, 2.75) is 54.4 Å². The summed E-state index contributed by atoms with van der Waals surface area (Å²) in [5.74, 6) is -0.802. The van der Waals surface area contributed by atoms with Gasteiger partial charge in [-0.05, 0) is 32.1 Å². The van der Waals surface area contributed by atoms with Gasteiger partial charge in [0.15, 0.2) is 5.41 Å². The third-order valence-corrected chi connectivity index (χ3v) is 3.63. The molecule has 0 bridgehead atoms. The van der Waals surface area contributed by atoms with Crippen molar-refractivity contribution in [3.05, 3.63) is 0 Å². The highest BCUT2D eigenvalue weighted by atomic mass is 16.6. The van der Waals surface area contributed by atoms with Gasteiger partial charge in [0.25, 0.3) is 0 Å². The molecule has 0 aliphatic rings. The topological polar surface area (TPSA) is 52.6 Å². The van der Waals surface area contributed by atoms with Gasteiger partial charge in [0, 0.05) is 0 Å². The first-order chi connectivity index (χ1) is 8.86. The van der Waals surface area contributed by atoms with Crippen molar-refractivity contribution in [2.75, 3.05) is 13.2 Å². The Labute approximate surface area is 116 Å². The number of rotatable bonds is 8. The Hall–Kier alpha value is -1.06. The summed E-state index contributed by atoms with van der Waals surface area (Å²) in [6, 6.07) is 0. The molecule has 0 aromatic rings. The summed E-state index contributed by atoms with van der Waals surface area (Å²) in [4.78, 5) is 24.7. The van der Waals surface area contributed by atoms with E-state index >= 15 is 0 Å². The predicted molar refractivity (Wildman–Crippen MR) is 74.6 cm³/mol. The van der Waals surface area contributed by atoms with Crippen LogP contribution in [0, 0.1) is 17.3 Å². The molecule has 0 saturated carbocycles. The Kier molecular flexibility index (Phi) is 7.72. The molecule has 0 fully saturated rings. The lowest BCUT2D eigenvalue weighted by molar-refractivity contribution is -0.177. The molecule has 0 spiro atoms. The molecule has 1 atom stereocenters. The van der Waals surface area contributed by atoms with E-state index in [-0.39, 0.29) is 25.0 Å². The molecule has 112 valence electrons. The lowest BCUT2D eigenvalue weighted by Crippen LogP contribution is -2.47. The van der Waals surface area contributed by atoms with Crippen LogP contribution in [-0.2, 0) is 19.1 Å². The molecule has 0 amide bonds. The molecule has 1 unspecified atom stereocenters. The number of hydrogen-bond donors (Lipinski definition) is 0. The standard InChI is InChI=1S/C15H28O4/c1-7-12(6)10-15(11(4)5,13(16)18-8-2)14(17)19-9-3/h11-12H,7-10H2,1-6H3. The van der Waals surface area contributed by atoms with Gasteiger partial charge in [-0.3, -0.25) is 9.59 Å². The fraction of sp³-hybridized carbons (Fsp3) is 0.867. The molecule has 4 nitrogen and oxygen atoms in total. The summed E-state index contributed by atoms with van der Waals surface area (Å²) in [6.45, 7) is 11.9. The first-order valence-electron chi connectivity index (χ1n) is 7.21. The highest BCUT2D eigenvalue weighted by Gasteiger charge is 2.51. The van der Waals surface area contributed by atoms with Gasteiger partial charge in [-0.2, -0.15) is 0 Å². The van der Waals surface area contributed by atoms with Crippen LogP contribution in [0.4, 0.5) is 0 Å². The first-order valence-corrected chi connectivity index (χ1v) is 7.21. The summed E-state index contributed by atoms with van der Waals surface area (Å²) >= 11 is 0. The molecule has 0 aliphatic carbocycles. The predicted octanol–water partition coefficient (Wildman–Crippen LogP) is 3.19. The third-order valence-electron chi connectivity index (χ3n) is 3.63. The molecular formula is C15H28O4. The Morgan fingerprint density at radius 3 is 1.63 bits per heavy atom. The highest BCUT2D eigenvalue weighted by Crippen LogP contribution is 2.38. The van der Waals surface area contributed by atoms with Gasteiger partial charge in [0.1, 0.15) is 0 Å². The zero-order valence-electron chi connectivity index (χ0n) is 13.1. The summed E-state index contributed by atoms with van der Waals surface area (Å²) in [5.41, 5.74) is -1.18. The largest absolute Gasteiger partial charge is 0.465 e. The van der Waals surface area contributed by atoms with Crippen LogP contribution in [0.15, 0.2) is 0 Å². The van der Waals surface area contributed by atoms with Crippen molar-refractivity contribution in [3.8, 4) is 0 Å². The summed E-state index contributed by atoms with van der Waals surface area (Å²) in [6.07, 6.45) is 1.38. The second-order valence-electron chi connectivity index (χ2n) is 5.28. The zero-order chi connectivity index (χ0) is 15.1. The van der Waals surface area contributed by atoms with E-state index in [1.807, 2.05) is 27.7 Å². The SMILES string of the molecule is CCOC(=O)C(CC(C)CC)(C(=O)OCC)C(C)C. The monoisotopic (exact) mass is 272 g/mol. The summed E-state index contributed by atoms with van der Waals surface area (Å²) in [7, 11) is 0. The van der Waals surface area contributed by atoms with E-state index in [1.54, 1.807) is 13.8 Å². The molecule has 4 heteroatoms. The van der Waals surface area contributed by atoms with Gasteiger partial charge in [-0.1, -0.05) is 34.1 Å². The maximum absolute atomic E-state index is 12.4. The van der Waals surface area contributed by atoms with Crippen LogP contribution >= 0.6 is 0 Å². The summed E-state index contributed by atoms with van der Waals surface area (Å²) in [5, 5.41) is 0. The molecule has 0 heterocycles. The maximum atomic E-state index is 12.4. The Morgan fingerprint density at radius 1 is 0.947 bits per heavy atom. The van der Waals surface area contributed by atoms with Crippen LogP contribution in [0.3, 0.4) is 0 Å². The lowest BCUT2D eigenvalue weighted by atomic mass is 9.70. The minimum atomic E-state index is -1.18. The van der Waals surface area contributed by atoms with Crippen molar-refractivity contribution in [2.24, 2.45) is 17.3 Å². The van der Waals surface area contributed by atoms with Gasteiger partial charge < -0.3 is 9.47 Å². The van der Waals surface area contributed by atoms with Crippen LogP contribution in [0.25, 0.3) is 0 Å². The van der Waals surface area contributed by atoms with Crippen LogP contribution in [-0.4, -0.2) is 25.2 Å². The molecule has 0 N–H and O–H groups in total. The maximum Gasteiger partial charge on any atom is 0.323 e. The van der Waals surface area contributed by atoms with Gasteiger partial charge in [0.05, 0.1) is 13.2 Å². The summed E-state index contributed by atoms with van der Waals surface area (Å²) < 4.78 is 10.3. The number of carbonyl (C=O) groups excluding carboxylic acids is 2. The Bertz CT molecular complexity index is 279. The smallest absolute Gasteiger partial charge is 0.323 e. The van der Waals surface area contributed by atoms with Crippen molar-refractivity contribution in [1.82, 2.24) is 0 Å². The van der Waals surface area contributed by atoms with Crippen LogP contribution in [0.2, 0.25) is 0 Å². The normalized spacial score (nSPS) is 13.2. The number of hydrogen-bond acceptors (Lipinski definition) is 4. The third kappa shape index (κ3) is 4.22. The van der Waals surface area contributed by atoms with Gasteiger partial charge in [-0.15, -0.1) is 0 Å². The van der Waals surface area contributed by atoms with E-state index in [4.69, 9.17) is 9.47 Å². The van der Waals surface area contributed by atoms with Crippen LogP contribution in [0.1, 0.15) is 54.4 Å². The number of ether oxygens (including phenoxy) is 2. The lowest BCUT2D eigenvalue weighted by Gasteiger charge is -2.34. The molecule has 0 aliphatic heterocycles. The van der Waals surface area contributed by atoms with Gasteiger partial charge in [-0.25, -0.2) is 0 Å². The van der Waals surface area contributed by atoms with Crippen LogP contribution < -0.4 is 0 Å². The average molecular weight is 272 g/mol. The minimum absolute atomic E-state index is 0.153. The van der Waals surface area contributed by atoms with Crippen LogP contribution in [0.5, 0.6) is 0 Å². The molecule has 0 radical (unpaired) electrons. The zero-order valence-corrected chi connectivity index (χ0v) is 13.1. The fourth-order valence-corrected chi connectivity index (χ4v) is 2.17.